The van der Waals surface area contributed by atoms with Crippen molar-refractivity contribution in [3.8, 4) is 0 Å². The molecule has 2 rings (SSSR count). The van der Waals surface area contributed by atoms with Gasteiger partial charge in [-0.05, 0) is 24.3 Å². The van der Waals surface area contributed by atoms with Crippen LogP contribution < -0.4 is 0 Å². The minimum absolute atomic E-state index is 0.271. The molecule has 1 aromatic carbocycles. The van der Waals surface area contributed by atoms with Gasteiger partial charge in [0.1, 0.15) is 24.9 Å². The fourth-order valence-corrected chi connectivity index (χ4v) is 3.39. The summed E-state index contributed by atoms with van der Waals surface area (Å²) in [5.41, 5.74) is 0.991. The Morgan fingerprint density at radius 2 is 1.75 bits per heavy atom. The van der Waals surface area contributed by atoms with Gasteiger partial charge in [0.25, 0.3) is 0 Å². The molecule has 5 atom stereocenters. The molecule has 1 aliphatic rings. The van der Waals surface area contributed by atoms with Crippen LogP contribution in [0.4, 0.5) is 0 Å². The first-order valence-electron chi connectivity index (χ1n) is 9.66. The van der Waals surface area contributed by atoms with Crippen molar-refractivity contribution in [2.45, 2.75) is 64.0 Å². The van der Waals surface area contributed by atoms with Crippen molar-refractivity contribution in [2.75, 3.05) is 20.8 Å². The van der Waals surface area contributed by atoms with Crippen molar-refractivity contribution < 1.29 is 33.6 Å². The van der Waals surface area contributed by atoms with E-state index in [1.54, 1.807) is 14.2 Å². The van der Waals surface area contributed by atoms with Gasteiger partial charge in [0.15, 0.2) is 6.29 Å². The van der Waals surface area contributed by atoms with E-state index in [-0.39, 0.29) is 12.2 Å². The number of carboxylic acids is 1. The van der Waals surface area contributed by atoms with E-state index < -0.39 is 31.1 Å². The molecule has 1 N–H and O–H groups in total. The number of hydrogen-bond donors (Lipinski definition) is 1. The fraction of sp³-hybridized carbons (Fsp3) is 0.667. The number of methoxy groups -OCH3 is 2. The Bertz CT molecular complexity index is 577. The highest BCUT2D eigenvalue weighted by molar-refractivity contribution is 5.68. The SMILES string of the molecule is CO[C@@H]1[C@H](OCc2ccccc2)[C@H](OCC(=O)O)O[C@H](CCC(C)C)[C@H]1OC. The molecule has 7 nitrogen and oxygen atoms in total. The van der Waals surface area contributed by atoms with E-state index in [0.29, 0.717) is 12.5 Å². The molecule has 1 saturated heterocycles. The number of benzene rings is 1. The number of carbonyl (C=O) groups is 1. The van der Waals surface area contributed by atoms with Crippen LogP contribution in [0.25, 0.3) is 0 Å². The third-order valence-corrected chi connectivity index (χ3v) is 4.82. The van der Waals surface area contributed by atoms with E-state index in [1.807, 2.05) is 30.3 Å². The molecule has 7 heteroatoms. The van der Waals surface area contributed by atoms with Crippen LogP contribution in [-0.2, 0) is 35.1 Å². The summed E-state index contributed by atoms with van der Waals surface area (Å²) >= 11 is 0. The molecule has 0 amide bonds. The average molecular weight is 396 g/mol. The molecule has 0 aliphatic carbocycles. The van der Waals surface area contributed by atoms with Gasteiger partial charge in [0.2, 0.25) is 0 Å². The minimum Gasteiger partial charge on any atom is -0.480 e. The van der Waals surface area contributed by atoms with Gasteiger partial charge in [-0.2, -0.15) is 0 Å². The van der Waals surface area contributed by atoms with E-state index >= 15 is 0 Å². The quantitative estimate of drug-likeness (QED) is 0.616. The van der Waals surface area contributed by atoms with Crippen molar-refractivity contribution in [1.82, 2.24) is 0 Å². The van der Waals surface area contributed by atoms with Crippen LogP contribution in [0.15, 0.2) is 30.3 Å². The normalized spacial score (nSPS) is 27.8. The summed E-state index contributed by atoms with van der Waals surface area (Å²) in [5, 5.41) is 9.02. The first kappa shape index (κ1) is 22.8. The topological polar surface area (TPSA) is 83.5 Å². The first-order chi connectivity index (χ1) is 13.5. The first-order valence-corrected chi connectivity index (χ1v) is 9.66. The van der Waals surface area contributed by atoms with Gasteiger partial charge in [0, 0.05) is 14.2 Å². The molecule has 1 fully saturated rings. The van der Waals surface area contributed by atoms with Crippen molar-refractivity contribution in [2.24, 2.45) is 5.92 Å². The average Bonchev–Trinajstić information content (AvgIpc) is 2.69. The standard InChI is InChI=1S/C21H32O7/c1-14(2)10-11-16-18(24-3)19(25-4)20(21(28-16)27-13-17(22)23)26-12-15-8-6-5-7-9-15/h5-9,14,16,18-21H,10-13H2,1-4H3,(H,22,23)/t16-,18-,19+,20+,21-/m1/s1. The van der Waals surface area contributed by atoms with Crippen LogP contribution in [0.1, 0.15) is 32.3 Å². The van der Waals surface area contributed by atoms with Gasteiger partial charge in [-0.15, -0.1) is 0 Å². The third kappa shape index (κ3) is 6.53. The van der Waals surface area contributed by atoms with E-state index in [1.165, 1.54) is 0 Å². The Balaban J connectivity index is 2.16. The Hall–Kier alpha value is -1.51. The van der Waals surface area contributed by atoms with Crippen molar-refractivity contribution in [3.05, 3.63) is 35.9 Å². The molecule has 0 saturated carbocycles. The Morgan fingerprint density at radius 3 is 2.32 bits per heavy atom. The smallest absolute Gasteiger partial charge is 0.329 e. The molecule has 0 spiro atoms. The van der Waals surface area contributed by atoms with Crippen LogP contribution in [0, 0.1) is 5.92 Å². The monoisotopic (exact) mass is 396 g/mol. The Kier molecular flexibility index (Phi) is 9.34. The van der Waals surface area contributed by atoms with Gasteiger partial charge >= 0.3 is 5.97 Å². The zero-order valence-corrected chi connectivity index (χ0v) is 17.1. The van der Waals surface area contributed by atoms with Gasteiger partial charge in [-0.1, -0.05) is 44.2 Å². The van der Waals surface area contributed by atoms with Crippen LogP contribution >= 0.6 is 0 Å². The molecular weight excluding hydrogens is 364 g/mol. The van der Waals surface area contributed by atoms with Crippen LogP contribution in [0.3, 0.4) is 0 Å². The lowest BCUT2D eigenvalue weighted by Crippen LogP contribution is -2.60. The summed E-state index contributed by atoms with van der Waals surface area (Å²) in [6.07, 6.45) is -0.824. The molecule has 158 valence electrons. The zero-order valence-electron chi connectivity index (χ0n) is 17.1. The highest BCUT2D eigenvalue weighted by atomic mass is 16.7. The second kappa shape index (κ2) is 11.5. The summed E-state index contributed by atoms with van der Waals surface area (Å²) in [4.78, 5) is 11.0. The van der Waals surface area contributed by atoms with Gasteiger partial charge < -0.3 is 28.8 Å². The maximum atomic E-state index is 11.0. The van der Waals surface area contributed by atoms with Crippen molar-refractivity contribution in [1.29, 1.82) is 0 Å². The lowest BCUT2D eigenvalue weighted by atomic mass is 9.93. The highest BCUT2D eigenvalue weighted by Crippen LogP contribution is 2.31. The number of carboxylic acid groups (broad SMARTS) is 1. The molecular formula is C21H32O7. The summed E-state index contributed by atoms with van der Waals surface area (Å²) < 4.78 is 29.1. The van der Waals surface area contributed by atoms with Crippen molar-refractivity contribution in [3.63, 3.8) is 0 Å². The number of aliphatic carboxylic acids is 1. The van der Waals surface area contributed by atoms with Crippen LogP contribution in [-0.4, -0.2) is 62.6 Å². The lowest BCUT2D eigenvalue weighted by molar-refractivity contribution is -0.314. The molecule has 1 aromatic rings. The van der Waals surface area contributed by atoms with E-state index in [9.17, 15) is 4.79 Å². The lowest BCUT2D eigenvalue weighted by Gasteiger charge is -2.45. The predicted octanol–water partition coefficient (Wildman–Crippen LogP) is 2.86. The predicted molar refractivity (Wildman–Crippen MR) is 103 cm³/mol. The van der Waals surface area contributed by atoms with Crippen LogP contribution in [0.5, 0.6) is 0 Å². The van der Waals surface area contributed by atoms with Crippen LogP contribution in [0.2, 0.25) is 0 Å². The van der Waals surface area contributed by atoms with E-state index in [2.05, 4.69) is 13.8 Å². The fourth-order valence-electron chi connectivity index (χ4n) is 3.39. The minimum atomic E-state index is -1.06. The molecule has 0 unspecified atom stereocenters. The zero-order chi connectivity index (χ0) is 20.5. The largest absolute Gasteiger partial charge is 0.480 e. The maximum absolute atomic E-state index is 11.0. The molecule has 0 radical (unpaired) electrons. The molecule has 1 aliphatic heterocycles. The second-order valence-corrected chi connectivity index (χ2v) is 7.38. The number of ether oxygens (including phenoxy) is 5. The summed E-state index contributed by atoms with van der Waals surface area (Å²) in [6, 6.07) is 9.71. The molecule has 1 heterocycles. The van der Waals surface area contributed by atoms with Crippen molar-refractivity contribution >= 4 is 5.97 Å². The van der Waals surface area contributed by atoms with E-state index in [4.69, 9.17) is 28.8 Å². The Morgan fingerprint density at radius 1 is 1.07 bits per heavy atom. The number of hydrogen-bond acceptors (Lipinski definition) is 6. The number of rotatable bonds is 11. The highest BCUT2D eigenvalue weighted by Gasteiger charge is 2.48. The van der Waals surface area contributed by atoms with Gasteiger partial charge in [-0.3, -0.25) is 0 Å². The molecule has 28 heavy (non-hydrogen) atoms. The summed E-state index contributed by atoms with van der Waals surface area (Å²) in [5.74, 6) is -0.556. The molecule has 0 bridgehead atoms. The maximum Gasteiger partial charge on any atom is 0.329 e. The van der Waals surface area contributed by atoms with Gasteiger partial charge in [0.05, 0.1) is 12.7 Å². The Labute approximate surface area is 166 Å². The van der Waals surface area contributed by atoms with Gasteiger partial charge in [-0.25, -0.2) is 4.79 Å². The second-order valence-electron chi connectivity index (χ2n) is 7.38. The third-order valence-electron chi connectivity index (χ3n) is 4.82. The summed E-state index contributed by atoms with van der Waals surface area (Å²) in [6.45, 7) is 4.14. The van der Waals surface area contributed by atoms with E-state index in [0.717, 1.165) is 18.4 Å². The summed E-state index contributed by atoms with van der Waals surface area (Å²) in [7, 11) is 3.21. The molecule has 0 aromatic heterocycles.